The van der Waals surface area contributed by atoms with Crippen molar-refractivity contribution in [1.82, 2.24) is 19.9 Å². The van der Waals surface area contributed by atoms with Crippen molar-refractivity contribution in [3.8, 4) is 17.0 Å². The first-order chi connectivity index (χ1) is 17.4. The number of nitrogens with two attached hydrogens (primary N) is 1. The number of H-pyrrole nitrogens is 1. The zero-order valence-electron chi connectivity index (χ0n) is 19.1. The van der Waals surface area contributed by atoms with Crippen LogP contribution in [0.2, 0.25) is 0 Å². The van der Waals surface area contributed by atoms with Gasteiger partial charge in [0, 0.05) is 17.3 Å². The minimum Gasteiger partial charge on any atom is -0.493 e. The Morgan fingerprint density at radius 2 is 1.89 bits per heavy atom. The summed E-state index contributed by atoms with van der Waals surface area (Å²) in [6, 6.07) is 10.3. The molecule has 1 aliphatic rings. The lowest BCUT2D eigenvalue weighted by molar-refractivity contribution is -0.192. The number of alkyl halides is 3. The van der Waals surface area contributed by atoms with E-state index >= 15 is 0 Å². The highest BCUT2D eigenvalue weighted by Crippen LogP contribution is 2.34. The number of nitrogen functional groups attached to an aromatic ring is 1. The molecule has 4 N–H and O–H groups in total. The highest BCUT2D eigenvalue weighted by atomic mass is 19.4. The summed E-state index contributed by atoms with van der Waals surface area (Å²) >= 11 is 0. The molecule has 0 radical (unpaired) electrons. The van der Waals surface area contributed by atoms with Crippen molar-refractivity contribution >= 4 is 28.7 Å². The molecule has 0 fully saturated rings. The maximum atomic E-state index is 14.8. The molecule has 2 aromatic heterocycles. The van der Waals surface area contributed by atoms with Gasteiger partial charge in [-0.3, -0.25) is 4.79 Å². The SMILES string of the molecule is CC(=O)c1ccc2c(c1)CC(c1nc3c(F)cc(-c4ccnc(N)n4)cc3[nH]1)CO2.O=C(O)C(F)(F)F. The number of ketones is 1. The second-order valence-corrected chi connectivity index (χ2v) is 8.17. The summed E-state index contributed by atoms with van der Waals surface area (Å²) in [5.41, 5.74) is 9.18. The molecule has 3 heterocycles. The molecule has 4 aromatic rings. The van der Waals surface area contributed by atoms with Gasteiger partial charge in [0.25, 0.3) is 0 Å². The van der Waals surface area contributed by atoms with Crippen molar-refractivity contribution in [2.45, 2.75) is 25.4 Å². The van der Waals surface area contributed by atoms with E-state index in [1.807, 2.05) is 12.1 Å². The van der Waals surface area contributed by atoms with Gasteiger partial charge in [-0.15, -0.1) is 0 Å². The Kier molecular flexibility index (Phi) is 6.79. The number of rotatable bonds is 3. The number of Topliss-reactive ketones (excluding diaryl/α,β-unsaturated/α-hetero) is 1. The van der Waals surface area contributed by atoms with Crippen molar-refractivity contribution in [2.75, 3.05) is 12.3 Å². The van der Waals surface area contributed by atoms with Crippen molar-refractivity contribution in [2.24, 2.45) is 0 Å². The predicted molar refractivity (Wildman–Crippen MR) is 124 cm³/mol. The topological polar surface area (TPSA) is 144 Å². The standard InChI is InChI=1S/C22H18FN5O2.C2HF3O2/c1-11(29)12-2-3-19-14(6-12)7-15(10-30-19)21-26-18-9-13(8-16(23)20(18)28-21)17-4-5-25-22(24)27-17;3-2(4,5)1(6)7/h2-6,8-9,15H,7,10H2,1H3,(H,26,28)(H2,24,25,27);(H,6,7). The second kappa shape index (κ2) is 9.84. The van der Waals surface area contributed by atoms with Gasteiger partial charge in [-0.1, -0.05) is 0 Å². The first-order valence-electron chi connectivity index (χ1n) is 10.8. The molecule has 1 atom stereocenters. The summed E-state index contributed by atoms with van der Waals surface area (Å²) in [4.78, 5) is 36.3. The Morgan fingerprint density at radius 1 is 1.16 bits per heavy atom. The summed E-state index contributed by atoms with van der Waals surface area (Å²) in [5, 5.41) is 7.12. The summed E-state index contributed by atoms with van der Waals surface area (Å²) in [5.74, 6) is -1.75. The number of aliphatic carboxylic acids is 1. The summed E-state index contributed by atoms with van der Waals surface area (Å²) in [7, 11) is 0. The Labute approximate surface area is 206 Å². The summed E-state index contributed by atoms with van der Waals surface area (Å²) in [6.07, 6.45) is -2.91. The Hall–Kier alpha value is -4.55. The number of imidazole rings is 1. The van der Waals surface area contributed by atoms with Crippen LogP contribution in [0.15, 0.2) is 42.6 Å². The van der Waals surface area contributed by atoms with Crippen LogP contribution >= 0.6 is 0 Å². The number of carboxylic acid groups (broad SMARTS) is 1. The van der Waals surface area contributed by atoms with Crippen molar-refractivity contribution < 1.29 is 37.0 Å². The van der Waals surface area contributed by atoms with Crippen LogP contribution in [-0.4, -0.2) is 49.6 Å². The van der Waals surface area contributed by atoms with Crippen LogP contribution in [-0.2, 0) is 11.2 Å². The van der Waals surface area contributed by atoms with Gasteiger partial charge >= 0.3 is 12.1 Å². The highest BCUT2D eigenvalue weighted by Gasteiger charge is 2.38. The maximum Gasteiger partial charge on any atom is 0.490 e. The number of nitrogens with one attached hydrogen (secondary N) is 1. The molecule has 9 nitrogen and oxygen atoms in total. The number of nitrogens with zero attached hydrogens (tertiary/aromatic N) is 3. The van der Waals surface area contributed by atoms with E-state index in [0.29, 0.717) is 41.2 Å². The molecule has 37 heavy (non-hydrogen) atoms. The van der Waals surface area contributed by atoms with E-state index in [0.717, 1.165) is 11.3 Å². The molecule has 0 saturated carbocycles. The Morgan fingerprint density at radius 3 is 2.54 bits per heavy atom. The quantitative estimate of drug-likeness (QED) is 0.270. The molecule has 0 aliphatic carbocycles. The number of aromatic nitrogens is 4. The van der Waals surface area contributed by atoms with Gasteiger partial charge in [0.05, 0.1) is 23.7 Å². The molecule has 13 heteroatoms. The zero-order valence-corrected chi connectivity index (χ0v) is 19.1. The lowest BCUT2D eigenvalue weighted by Crippen LogP contribution is -2.21. The lowest BCUT2D eigenvalue weighted by atomic mass is 9.94. The fraction of sp³-hybridized carbons (Fsp3) is 0.208. The van der Waals surface area contributed by atoms with Crippen LogP contribution in [0.1, 0.15) is 34.6 Å². The first-order valence-corrected chi connectivity index (χ1v) is 10.8. The number of carbonyl (C=O) groups is 2. The molecule has 0 bridgehead atoms. The van der Waals surface area contributed by atoms with Gasteiger partial charge in [-0.05, 0) is 55.3 Å². The van der Waals surface area contributed by atoms with Crippen molar-refractivity contribution in [3.05, 3.63) is 65.4 Å². The Balaban J connectivity index is 0.000000405. The molecule has 1 aliphatic heterocycles. The molecule has 192 valence electrons. The molecule has 1 unspecified atom stereocenters. The van der Waals surface area contributed by atoms with Crippen LogP contribution in [0, 0.1) is 5.82 Å². The molecule has 0 spiro atoms. The van der Waals surface area contributed by atoms with E-state index in [1.165, 1.54) is 19.2 Å². The number of fused-ring (bicyclic) bond motifs is 2. The fourth-order valence-electron chi connectivity index (χ4n) is 3.76. The van der Waals surface area contributed by atoms with Gasteiger partial charge in [0.15, 0.2) is 11.6 Å². The van der Waals surface area contributed by atoms with Crippen molar-refractivity contribution in [1.29, 1.82) is 0 Å². The van der Waals surface area contributed by atoms with E-state index in [4.69, 9.17) is 20.4 Å². The Bertz CT molecular complexity index is 1500. The summed E-state index contributed by atoms with van der Waals surface area (Å²) < 4.78 is 52.4. The minimum absolute atomic E-state index is 0.00335. The predicted octanol–water partition coefficient (Wildman–Crippen LogP) is 4.30. The van der Waals surface area contributed by atoms with Crippen LogP contribution in [0.3, 0.4) is 0 Å². The molecule has 0 saturated heterocycles. The van der Waals surface area contributed by atoms with Gasteiger partial charge in [-0.2, -0.15) is 13.2 Å². The lowest BCUT2D eigenvalue weighted by Gasteiger charge is -2.24. The molecular weight excluding hydrogens is 498 g/mol. The van der Waals surface area contributed by atoms with E-state index < -0.39 is 18.0 Å². The normalized spacial score (nSPS) is 14.8. The van der Waals surface area contributed by atoms with E-state index in [1.54, 1.807) is 18.2 Å². The number of carbonyl (C=O) groups excluding carboxylic acids is 1. The number of hydrogen-bond donors (Lipinski definition) is 3. The average Bonchev–Trinajstić information content (AvgIpc) is 3.28. The fourth-order valence-corrected chi connectivity index (χ4v) is 3.76. The van der Waals surface area contributed by atoms with Crippen LogP contribution in [0.4, 0.5) is 23.5 Å². The number of anilines is 1. The van der Waals surface area contributed by atoms with E-state index in [2.05, 4.69) is 19.9 Å². The van der Waals surface area contributed by atoms with Gasteiger partial charge < -0.3 is 20.6 Å². The number of hydrogen-bond acceptors (Lipinski definition) is 7. The van der Waals surface area contributed by atoms with Crippen LogP contribution in [0.25, 0.3) is 22.3 Å². The third-order valence-electron chi connectivity index (χ3n) is 5.53. The number of carboxylic acids is 1. The number of ether oxygens (including phenoxy) is 1. The first kappa shape index (κ1) is 25.5. The van der Waals surface area contributed by atoms with Gasteiger partial charge in [0.2, 0.25) is 5.95 Å². The molecule has 0 amide bonds. The third-order valence-corrected chi connectivity index (χ3v) is 5.53. The summed E-state index contributed by atoms with van der Waals surface area (Å²) in [6.45, 7) is 1.96. The third kappa shape index (κ3) is 5.66. The number of benzene rings is 2. The van der Waals surface area contributed by atoms with Gasteiger partial charge in [-0.25, -0.2) is 24.1 Å². The smallest absolute Gasteiger partial charge is 0.490 e. The van der Waals surface area contributed by atoms with Gasteiger partial charge in [0.1, 0.15) is 17.1 Å². The largest absolute Gasteiger partial charge is 0.493 e. The van der Waals surface area contributed by atoms with E-state index in [9.17, 15) is 22.4 Å². The number of aromatic amines is 1. The maximum absolute atomic E-state index is 14.8. The number of halogens is 4. The second-order valence-electron chi connectivity index (χ2n) is 8.17. The van der Waals surface area contributed by atoms with Crippen LogP contribution < -0.4 is 10.5 Å². The zero-order chi connectivity index (χ0) is 26.9. The van der Waals surface area contributed by atoms with Crippen molar-refractivity contribution in [3.63, 3.8) is 0 Å². The molecule has 2 aromatic carbocycles. The average molecular weight is 517 g/mol. The molecular formula is C24H19F4N5O4. The molecule has 5 rings (SSSR count). The monoisotopic (exact) mass is 517 g/mol. The van der Waals surface area contributed by atoms with E-state index in [-0.39, 0.29) is 23.2 Å². The highest BCUT2D eigenvalue weighted by molar-refractivity contribution is 5.94. The van der Waals surface area contributed by atoms with Crippen LogP contribution in [0.5, 0.6) is 5.75 Å². The minimum atomic E-state index is -5.08.